The van der Waals surface area contributed by atoms with Gasteiger partial charge in [0.05, 0.1) is 12.1 Å². The van der Waals surface area contributed by atoms with E-state index in [1.807, 2.05) is 0 Å². The molecule has 1 aromatic heterocycles. The molecule has 0 aromatic carbocycles. The highest BCUT2D eigenvalue weighted by Gasteiger charge is 2.30. The quantitative estimate of drug-likeness (QED) is 0.797. The number of hydrogen-bond donors (Lipinski definition) is 2. The molecule has 0 amide bonds. The average molecular weight is 273 g/mol. The van der Waals surface area contributed by atoms with Crippen LogP contribution in [0.3, 0.4) is 0 Å². The molecule has 0 radical (unpaired) electrons. The van der Waals surface area contributed by atoms with Crippen molar-refractivity contribution in [1.82, 2.24) is 9.97 Å². The molecule has 2 heterocycles. The van der Waals surface area contributed by atoms with Crippen LogP contribution in [0.25, 0.3) is 0 Å². The van der Waals surface area contributed by atoms with Crippen LogP contribution in [0.4, 0.5) is 11.8 Å². The van der Waals surface area contributed by atoms with E-state index in [9.17, 15) is 0 Å². The van der Waals surface area contributed by atoms with Crippen LogP contribution in [-0.4, -0.2) is 28.7 Å². The Labute approximate surface area is 96.6 Å². The lowest BCUT2D eigenvalue weighted by atomic mass is 10.0. The van der Waals surface area contributed by atoms with Crippen molar-refractivity contribution in [1.29, 1.82) is 0 Å². The number of anilines is 2. The second kappa shape index (κ2) is 3.94. The summed E-state index contributed by atoms with van der Waals surface area (Å²) in [5.74, 6) is 0.983. The molecule has 2 rings (SSSR count). The zero-order valence-corrected chi connectivity index (χ0v) is 10.0. The van der Waals surface area contributed by atoms with Crippen molar-refractivity contribution >= 4 is 27.7 Å². The van der Waals surface area contributed by atoms with Gasteiger partial charge in [-0.3, -0.25) is 0 Å². The summed E-state index contributed by atoms with van der Waals surface area (Å²) in [6, 6.07) is 1.67. The van der Waals surface area contributed by atoms with Crippen LogP contribution >= 0.6 is 15.9 Å². The van der Waals surface area contributed by atoms with Gasteiger partial charge in [-0.05, 0) is 29.3 Å². The van der Waals surface area contributed by atoms with Crippen LogP contribution < -0.4 is 11.1 Å². The Kier molecular flexibility index (Phi) is 2.79. The minimum atomic E-state index is -0.0900. The Morgan fingerprint density at radius 3 is 3.00 bits per heavy atom. The molecule has 5 nitrogen and oxygen atoms in total. The van der Waals surface area contributed by atoms with Gasteiger partial charge in [0.1, 0.15) is 10.4 Å². The Balaban J connectivity index is 2.16. The molecule has 1 aromatic rings. The summed E-state index contributed by atoms with van der Waals surface area (Å²) in [6.07, 6.45) is 0.947. The number of nitrogen functional groups attached to an aromatic ring is 1. The fraction of sp³-hybridized carbons (Fsp3) is 0.556. The van der Waals surface area contributed by atoms with E-state index in [1.54, 1.807) is 6.07 Å². The molecule has 0 saturated carbocycles. The van der Waals surface area contributed by atoms with E-state index in [2.05, 4.69) is 38.1 Å². The maximum absolute atomic E-state index is 5.62. The normalized spacial score (nSPS) is 25.5. The Morgan fingerprint density at radius 2 is 2.40 bits per heavy atom. The zero-order valence-electron chi connectivity index (χ0n) is 8.46. The molecule has 1 aliphatic rings. The van der Waals surface area contributed by atoms with Crippen molar-refractivity contribution in [2.75, 3.05) is 24.3 Å². The monoisotopic (exact) mass is 272 g/mol. The number of halogens is 1. The van der Waals surface area contributed by atoms with Crippen LogP contribution in [0, 0.1) is 0 Å². The van der Waals surface area contributed by atoms with Crippen molar-refractivity contribution in [2.24, 2.45) is 0 Å². The van der Waals surface area contributed by atoms with E-state index >= 15 is 0 Å². The molecule has 0 bridgehead atoms. The van der Waals surface area contributed by atoms with Gasteiger partial charge in [0.2, 0.25) is 5.95 Å². The standard InChI is InChI=1S/C9H13BrN4O/c1-9(2-3-15-5-9)14-8-12-6(10)4-7(11)13-8/h4H,2-3,5H2,1H3,(H3,11,12,13,14). The lowest BCUT2D eigenvalue weighted by Crippen LogP contribution is -2.35. The van der Waals surface area contributed by atoms with Gasteiger partial charge in [0.15, 0.2) is 0 Å². The van der Waals surface area contributed by atoms with Crippen LogP contribution in [0.5, 0.6) is 0 Å². The van der Waals surface area contributed by atoms with Crippen molar-refractivity contribution < 1.29 is 4.74 Å². The highest BCUT2D eigenvalue weighted by Crippen LogP contribution is 2.23. The molecule has 1 unspecified atom stereocenters. The highest BCUT2D eigenvalue weighted by molar-refractivity contribution is 9.10. The third kappa shape index (κ3) is 2.57. The van der Waals surface area contributed by atoms with Crippen molar-refractivity contribution in [3.63, 3.8) is 0 Å². The van der Waals surface area contributed by atoms with Crippen LogP contribution in [0.15, 0.2) is 10.7 Å². The predicted octanol–water partition coefficient (Wildman–Crippen LogP) is 1.41. The molecule has 0 aliphatic carbocycles. The van der Waals surface area contributed by atoms with Gasteiger partial charge >= 0.3 is 0 Å². The van der Waals surface area contributed by atoms with Gasteiger partial charge in [0.25, 0.3) is 0 Å². The number of hydrogen-bond acceptors (Lipinski definition) is 5. The average Bonchev–Trinajstić information content (AvgIpc) is 2.49. The molecule has 1 fully saturated rings. The molecular weight excluding hydrogens is 260 g/mol. The highest BCUT2D eigenvalue weighted by atomic mass is 79.9. The zero-order chi connectivity index (χ0) is 10.9. The Hall–Kier alpha value is -0.880. The summed E-state index contributed by atoms with van der Waals surface area (Å²) in [6.45, 7) is 3.52. The largest absolute Gasteiger partial charge is 0.383 e. The molecule has 15 heavy (non-hydrogen) atoms. The van der Waals surface area contributed by atoms with Crippen LogP contribution in [0.2, 0.25) is 0 Å². The van der Waals surface area contributed by atoms with Gasteiger partial charge in [-0.25, -0.2) is 4.98 Å². The molecule has 82 valence electrons. The SMILES string of the molecule is CC1(Nc2nc(N)cc(Br)n2)CCOC1. The van der Waals surface area contributed by atoms with E-state index < -0.39 is 0 Å². The molecule has 1 saturated heterocycles. The van der Waals surface area contributed by atoms with E-state index in [4.69, 9.17) is 10.5 Å². The van der Waals surface area contributed by atoms with E-state index in [-0.39, 0.29) is 5.54 Å². The Bertz CT molecular complexity index is 345. The minimum Gasteiger partial charge on any atom is -0.383 e. The van der Waals surface area contributed by atoms with E-state index in [0.29, 0.717) is 23.0 Å². The van der Waals surface area contributed by atoms with Gasteiger partial charge in [-0.2, -0.15) is 4.98 Å². The van der Waals surface area contributed by atoms with Gasteiger partial charge < -0.3 is 15.8 Å². The number of aromatic nitrogens is 2. The van der Waals surface area contributed by atoms with E-state index in [1.165, 1.54) is 0 Å². The summed E-state index contributed by atoms with van der Waals surface area (Å²) < 4.78 is 6.01. The third-order valence-electron chi connectivity index (χ3n) is 2.35. The number of rotatable bonds is 2. The third-order valence-corrected chi connectivity index (χ3v) is 2.75. The van der Waals surface area contributed by atoms with Gasteiger partial charge in [0, 0.05) is 12.7 Å². The van der Waals surface area contributed by atoms with Crippen molar-refractivity contribution in [2.45, 2.75) is 18.9 Å². The first-order chi connectivity index (χ1) is 7.07. The molecule has 1 atom stereocenters. The maximum atomic E-state index is 5.62. The van der Waals surface area contributed by atoms with Crippen LogP contribution in [-0.2, 0) is 4.74 Å². The first-order valence-corrected chi connectivity index (χ1v) is 5.53. The van der Waals surface area contributed by atoms with Gasteiger partial charge in [-0.15, -0.1) is 0 Å². The summed E-state index contributed by atoms with van der Waals surface area (Å²) in [5.41, 5.74) is 5.53. The van der Waals surface area contributed by atoms with Gasteiger partial charge in [-0.1, -0.05) is 0 Å². The first kappa shape index (κ1) is 10.6. The second-order valence-corrected chi connectivity index (χ2v) is 4.74. The van der Waals surface area contributed by atoms with Crippen molar-refractivity contribution in [3.05, 3.63) is 10.7 Å². The first-order valence-electron chi connectivity index (χ1n) is 4.73. The number of nitrogens with zero attached hydrogens (tertiary/aromatic N) is 2. The fourth-order valence-corrected chi connectivity index (χ4v) is 1.93. The number of nitrogens with two attached hydrogens (primary N) is 1. The minimum absolute atomic E-state index is 0.0900. The summed E-state index contributed by atoms with van der Waals surface area (Å²) in [7, 11) is 0. The molecular formula is C9H13BrN4O. The fourth-order valence-electron chi connectivity index (χ4n) is 1.53. The van der Waals surface area contributed by atoms with Crippen molar-refractivity contribution in [3.8, 4) is 0 Å². The summed E-state index contributed by atoms with van der Waals surface area (Å²) in [4.78, 5) is 8.31. The maximum Gasteiger partial charge on any atom is 0.226 e. The lowest BCUT2D eigenvalue weighted by molar-refractivity contribution is 0.185. The molecule has 0 spiro atoms. The molecule has 6 heteroatoms. The smallest absolute Gasteiger partial charge is 0.226 e. The number of nitrogens with one attached hydrogen (secondary N) is 1. The second-order valence-electron chi connectivity index (χ2n) is 3.93. The number of ether oxygens (including phenoxy) is 1. The predicted molar refractivity (Wildman–Crippen MR) is 61.6 cm³/mol. The van der Waals surface area contributed by atoms with E-state index in [0.717, 1.165) is 13.0 Å². The van der Waals surface area contributed by atoms with Crippen LogP contribution in [0.1, 0.15) is 13.3 Å². The summed E-state index contributed by atoms with van der Waals surface area (Å²) in [5, 5.41) is 3.24. The Morgan fingerprint density at radius 1 is 1.60 bits per heavy atom. The molecule has 1 aliphatic heterocycles. The topological polar surface area (TPSA) is 73.1 Å². The lowest BCUT2D eigenvalue weighted by Gasteiger charge is -2.23. The summed E-state index contributed by atoms with van der Waals surface area (Å²) >= 11 is 3.28. The molecule has 3 N–H and O–H groups in total.